The number of carbonyl (C=O) groups is 4. The molecule has 0 saturated carbocycles. The van der Waals surface area contributed by atoms with E-state index >= 15 is 0 Å². The van der Waals surface area contributed by atoms with Gasteiger partial charge in [0, 0.05) is 25.7 Å². The van der Waals surface area contributed by atoms with E-state index in [1.54, 1.807) is 0 Å². The van der Waals surface area contributed by atoms with Gasteiger partial charge in [0.25, 0.3) is 0 Å². The minimum absolute atomic E-state index is 0.103. The van der Waals surface area contributed by atoms with Crippen LogP contribution < -0.4 is 0 Å². The van der Waals surface area contributed by atoms with E-state index in [4.69, 9.17) is 37.0 Å². The maximum atomic E-state index is 13.1. The molecule has 100 heavy (non-hydrogen) atoms. The highest BCUT2D eigenvalue weighted by Gasteiger charge is 2.30. The van der Waals surface area contributed by atoms with Crippen molar-refractivity contribution < 1.29 is 80.2 Å². The van der Waals surface area contributed by atoms with Crippen molar-refractivity contribution in [3.05, 3.63) is 0 Å². The van der Waals surface area contributed by atoms with Crippen LogP contribution in [0, 0.1) is 23.7 Å². The van der Waals surface area contributed by atoms with Crippen LogP contribution in [0.15, 0.2) is 0 Å². The summed E-state index contributed by atoms with van der Waals surface area (Å²) in [5, 5.41) is 10.6. The number of aliphatic hydroxyl groups excluding tert-OH is 1. The van der Waals surface area contributed by atoms with Gasteiger partial charge in [0.05, 0.1) is 26.4 Å². The van der Waals surface area contributed by atoms with Crippen LogP contribution in [-0.2, 0) is 65.4 Å². The first-order valence-electron chi connectivity index (χ1n) is 41.8. The second-order valence-corrected chi connectivity index (χ2v) is 33.5. The summed E-state index contributed by atoms with van der Waals surface area (Å²) in [5.74, 6) is 1.00. The lowest BCUT2D eigenvalue weighted by Crippen LogP contribution is -2.30. The zero-order chi connectivity index (χ0) is 73.8. The van der Waals surface area contributed by atoms with Crippen molar-refractivity contribution in [3.63, 3.8) is 0 Å². The molecule has 0 aliphatic carbocycles. The van der Waals surface area contributed by atoms with Gasteiger partial charge in [-0.2, -0.15) is 0 Å². The van der Waals surface area contributed by atoms with Crippen molar-refractivity contribution in [2.24, 2.45) is 23.7 Å². The fourth-order valence-electron chi connectivity index (χ4n) is 12.4. The lowest BCUT2D eigenvalue weighted by molar-refractivity contribution is -0.161. The summed E-state index contributed by atoms with van der Waals surface area (Å²) in [6.45, 7) is 14.2. The molecule has 594 valence electrons. The van der Waals surface area contributed by atoms with Crippen LogP contribution in [0.25, 0.3) is 0 Å². The summed E-state index contributed by atoms with van der Waals surface area (Å²) in [7, 11) is -9.92. The van der Waals surface area contributed by atoms with Crippen LogP contribution in [0.3, 0.4) is 0 Å². The summed E-state index contributed by atoms with van der Waals surface area (Å²) >= 11 is 0. The van der Waals surface area contributed by atoms with E-state index in [1.807, 2.05) is 0 Å². The zero-order valence-electron chi connectivity index (χ0n) is 65.8. The average Bonchev–Trinajstić information content (AvgIpc) is 0.960. The summed E-state index contributed by atoms with van der Waals surface area (Å²) in [6.07, 6.45) is 57.0. The predicted molar refractivity (Wildman–Crippen MR) is 409 cm³/mol. The number of unbranched alkanes of at least 4 members (excludes halogenated alkanes) is 42. The number of ether oxygens (including phenoxy) is 4. The van der Waals surface area contributed by atoms with Crippen LogP contribution >= 0.6 is 15.6 Å². The first-order chi connectivity index (χ1) is 48.2. The van der Waals surface area contributed by atoms with Gasteiger partial charge < -0.3 is 33.8 Å². The molecular weight excluding hydrogens is 1310 g/mol. The van der Waals surface area contributed by atoms with Crippen LogP contribution in [0.1, 0.15) is 415 Å². The van der Waals surface area contributed by atoms with Crippen molar-refractivity contribution in [1.82, 2.24) is 0 Å². The molecule has 0 aromatic heterocycles. The van der Waals surface area contributed by atoms with E-state index in [9.17, 15) is 43.2 Å². The normalized spacial score (nSPS) is 14.6. The quantitative estimate of drug-likeness (QED) is 0.0222. The van der Waals surface area contributed by atoms with E-state index in [0.29, 0.717) is 25.7 Å². The molecule has 17 nitrogen and oxygen atoms in total. The second-order valence-electron chi connectivity index (χ2n) is 30.6. The lowest BCUT2D eigenvalue weighted by atomic mass is 9.99. The van der Waals surface area contributed by atoms with Crippen molar-refractivity contribution in [2.75, 3.05) is 39.6 Å². The van der Waals surface area contributed by atoms with Gasteiger partial charge in [0.2, 0.25) is 0 Å². The van der Waals surface area contributed by atoms with E-state index in [2.05, 4.69) is 55.4 Å². The Morgan fingerprint density at radius 2 is 0.480 bits per heavy atom. The topological polar surface area (TPSA) is 237 Å². The largest absolute Gasteiger partial charge is 0.472 e. The molecule has 7 atom stereocenters. The Bertz CT molecular complexity index is 1960. The molecule has 4 unspecified atom stereocenters. The standard InChI is InChI=1S/C81H158O17P2/c1-9-73(7)59-51-43-35-28-24-20-17-18-21-25-29-36-45-53-61-78(83)91-67-76(97-80(85)63-55-47-37-30-26-22-16-14-12-11-13-15-19-23-27-33-41-49-57-71(3)4)69-95-99(87,88)93-65-75(82)66-94-100(89,90)96-70-77(68-92-79(84)62-54-46-40-39-44-52-60-74(8)10-2)98-81(86)64-56-48-38-32-31-34-42-50-58-72(5)6/h71-77,82H,9-70H2,1-8H3,(H,87,88)(H,89,90)/t73?,74?,75-,76-,77-/m1/s1. The molecule has 0 spiro atoms. The Morgan fingerprint density at radius 3 is 0.710 bits per heavy atom. The Labute approximate surface area is 613 Å². The average molecular weight is 1470 g/mol. The third-order valence-electron chi connectivity index (χ3n) is 19.5. The van der Waals surface area contributed by atoms with Gasteiger partial charge in [0.15, 0.2) is 12.2 Å². The predicted octanol–water partition coefficient (Wildman–Crippen LogP) is 24.0. The third kappa shape index (κ3) is 71.7. The van der Waals surface area contributed by atoms with Crippen molar-refractivity contribution in [1.29, 1.82) is 0 Å². The van der Waals surface area contributed by atoms with E-state index < -0.39 is 97.5 Å². The number of esters is 4. The van der Waals surface area contributed by atoms with Crippen LogP contribution in [0.5, 0.6) is 0 Å². The summed E-state index contributed by atoms with van der Waals surface area (Å²) < 4.78 is 68.7. The van der Waals surface area contributed by atoms with Gasteiger partial charge in [-0.25, -0.2) is 9.13 Å². The fraction of sp³-hybridized carbons (Fsp3) is 0.951. The SMILES string of the molecule is CCC(C)CCCCCCCCCCCCCCCCC(=O)OC[C@H](COP(=O)(O)OC[C@@H](O)COP(=O)(O)OC[C@@H](COC(=O)CCCCCCCCC(C)CC)OC(=O)CCCCCCCCCCC(C)C)OC(=O)CCCCCCCCCCCCCCCCCCCCC(C)C. The molecule has 0 aromatic rings. The van der Waals surface area contributed by atoms with Gasteiger partial charge in [-0.15, -0.1) is 0 Å². The minimum atomic E-state index is -4.96. The molecule has 19 heteroatoms. The highest BCUT2D eigenvalue weighted by Crippen LogP contribution is 2.45. The van der Waals surface area contributed by atoms with E-state index in [-0.39, 0.29) is 25.7 Å². The van der Waals surface area contributed by atoms with Gasteiger partial charge in [0.1, 0.15) is 19.3 Å². The maximum absolute atomic E-state index is 13.1. The van der Waals surface area contributed by atoms with Crippen molar-refractivity contribution >= 4 is 39.5 Å². The Balaban J connectivity index is 5.22. The van der Waals surface area contributed by atoms with Crippen LogP contribution in [0.4, 0.5) is 0 Å². The van der Waals surface area contributed by atoms with Gasteiger partial charge in [-0.3, -0.25) is 37.3 Å². The van der Waals surface area contributed by atoms with Gasteiger partial charge in [-0.05, 0) is 49.4 Å². The number of phosphoric ester groups is 2. The summed E-state index contributed by atoms with van der Waals surface area (Å²) in [6, 6.07) is 0. The molecule has 0 radical (unpaired) electrons. The molecule has 0 saturated heterocycles. The molecule has 0 heterocycles. The number of phosphoric acid groups is 2. The monoisotopic (exact) mass is 1470 g/mol. The molecule has 0 aliphatic rings. The number of carbonyl (C=O) groups excluding carboxylic acids is 4. The van der Waals surface area contributed by atoms with Gasteiger partial charge in [-0.1, -0.05) is 364 Å². The number of rotatable bonds is 78. The van der Waals surface area contributed by atoms with Crippen LogP contribution in [0.2, 0.25) is 0 Å². The Hall–Kier alpha value is -1.94. The molecule has 3 N–H and O–H groups in total. The smallest absolute Gasteiger partial charge is 0.462 e. The molecule has 0 bridgehead atoms. The van der Waals surface area contributed by atoms with Crippen molar-refractivity contribution in [2.45, 2.75) is 433 Å². The van der Waals surface area contributed by atoms with Gasteiger partial charge >= 0.3 is 39.5 Å². The summed E-state index contributed by atoms with van der Waals surface area (Å²) in [5.41, 5.74) is 0. The Kier molecular flexibility index (Phi) is 68.7. The van der Waals surface area contributed by atoms with Crippen molar-refractivity contribution in [3.8, 4) is 0 Å². The third-order valence-corrected chi connectivity index (χ3v) is 21.4. The van der Waals surface area contributed by atoms with Crippen LogP contribution in [-0.4, -0.2) is 96.7 Å². The molecule has 0 aliphatic heterocycles. The zero-order valence-corrected chi connectivity index (χ0v) is 67.6. The number of hydrogen-bond acceptors (Lipinski definition) is 15. The Morgan fingerprint density at radius 1 is 0.280 bits per heavy atom. The molecular formula is C81H158O17P2. The first kappa shape index (κ1) is 98.1. The molecule has 0 fully saturated rings. The highest BCUT2D eigenvalue weighted by atomic mass is 31.2. The maximum Gasteiger partial charge on any atom is 0.472 e. The van der Waals surface area contributed by atoms with E-state index in [1.165, 1.54) is 212 Å². The summed E-state index contributed by atoms with van der Waals surface area (Å²) in [4.78, 5) is 73.0. The second kappa shape index (κ2) is 70.1. The first-order valence-corrected chi connectivity index (χ1v) is 44.8. The highest BCUT2D eigenvalue weighted by molar-refractivity contribution is 7.47. The minimum Gasteiger partial charge on any atom is -0.462 e. The number of aliphatic hydroxyl groups is 1. The number of hydrogen-bond donors (Lipinski definition) is 3. The molecule has 0 amide bonds. The molecule has 0 rings (SSSR count). The molecule has 0 aromatic carbocycles. The fourth-order valence-corrected chi connectivity index (χ4v) is 13.9. The van der Waals surface area contributed by atoms with E-state index in [0.717, 1.165) is 120 Å². The lowest BCUT2D eigenvalue weighted by Gasteiger charge is -2.21.